The lowest BCUT2D eigenvalue weighted by atomic mass is 10.1. The van der Waals surface area contributed by atoms with Crippen LogP contribution in [0.1, 0.15) is 21.9 Å². The van der Waals surface area contributed by atoms with Crippen LogP contribution in [0.3, 0.4) is 0 Å². The smallest absolute Gasteiger partial charge is 0.374 e. The predicted octanol–water partition coefficient (Wildman–Crippen LogP) is 2.60. The number of esters is 1. The van der Waals surface area contributed by atoms with Gasteiger partial charge in [0.2, 0.25) is 5.76 Å². The van der Waals surface area contributed by atoms with Crippen molar-refractivity contribution in [3.63, 3.8) is 0 Å². The van der Waals surface area contributed by atoms with Crippen molar-refractivity contribution in [3.05, 3.63) is 57.5 Å². The number of rotatable bonds is 5. The van der Waals surface area contributed by atoms with E-state index in [0.29, 0.717) is 11.3 Å². The summed E-state index contributed by atoms with van der Waals surface area (Å²) in [5, 5.41) is 13.3. The molecule has 0 fully saturated rings. The first-order valence-corrected chi connectivity index (χ1v) is 6.66. The number of hydrogen-bond acceptors (Lipinski definition) is 6. The van der Waals surface area contributed by atoms with E-state index in [4.69, 9.17) is 9.15 Å². The molecule has 0 radical (unpaired) electrons. The number of hydrogen-bond donors (Lipinski definition) is 1. The van der Waals surface area contributed by atoms with Gasteiger partial charge in [-0.3, -0.25) is 14.9 Å². The first kappa shape index (κ1) is 16.2. The van der Waals surface area contributed by atoms with E-state index >= 15 is 0 Å². The molecule has 8 heteroatoms. The Morgan fingerprint density at radius 1 is 1.26 bits per heavy atom. The molecule has 1 aromatic carbocycles. The fraction of sp³-hybridized carbons (Fsp3) is 0.200. The van der Waals surface area contributed by atoms with Crippen molar-refractivity contribution in [3.8, 4) is 0 Å². The van der Waals surface area contributed by atoms with Crippen molar-refractivity contribution < 1.29 is 23.7 Å². The number of furan rings is 1. The maximum atomic E-state index is 11.8. The number of ether oxygens (including phenoxy) is 1. The Bertz CT molecular complexity index is 765. The minimum Gasteiger partial charge on any atom is -0.454 e. The average molecular weight is 318 g/mol. The van der Waals surface area contributed by atoms with E-state index in [-0.39, 0.29) is 17.1 Å². The summed E-state index contributed by atoms with van der Waals surface area (Å²) in [6.45, 7) is 2.71. The lowest BCUT2D eigenvalue weighted by molar-refractivity contribution is -0.384. The Hall–Kier alpha value is -3.16. The molecule has 0 saturated carbocycles. The van der Waals surface area contributed by atoms with Crippen molar-refractivity contribution in [2.45, 2.75) is 13.8 Å². The van der Waals surface area contributed by atoms with Gasteiger partial charge in [0.15, 0.2) is 6.61 Å². The van der Waals surface area contributed by atoms with Crippen molar-refractivity contribution in [2.75, 3.05) is 11.9 Å². The highest BCUT2D eigenvalue weighted by molar-refractivity contribution is 5.96. The highest BCUT2D eigenvalue weighted by Crippen LogP contribution is 2.27. The Labute approximate surface area is 131 Å². The van der Waals surface area contributed by atoms with Gasteiger partial charge in [0.1, 0.15) is 11.4 Å². The first-order valence-electron chi connectivity index (χ1n) is 6.66. The number of nitro benzene ring substituents is 1. The summed E-state index contributed by atoms with van der Waals surface area (Å²) in [5.41, 5.74) is 0.374. The Morgan fingerprint density at radius 2 is 2.00 bits per heavy atom. The van der Waals surface area contributed by atoms with Crippen LogP contribution in [0.5, 0.6) is 0 Å². The predicted molar refractivity (Wildman–Crippen MR) is 80.2 cm³/mol. The molecule has 0 aliphatic rings. The second kappa shape index (κ2) is 6.73. The van der Waals surface area contributed by atoms with E-state index in [0.717, 1.165) is 0 Å². The minimum absolute atomic E-state index is 0.0165. The number of amides is 1. The van der Waals surface area contributed by atoms with Gasteiger partial charge in [0.05, 0.1) is 4.92 Å². The van der Waals surface area contributed by atoms with Gasteiger partial charge in [0.25, 0.3) is 11.6 Å². The Balaban J connectivity index is 2.00. The van der Waals surface area contributed by atoms with Crippen molar-refractivity contribution in [1.29, 1.82) is 0 Å². The fourth-order valence-corrected chi connectivity index (χ4v) is 1.89. The van der Waals surface area contributed by atoms with Crippen LogP contribution < -0.4 is 5.32 Å². The standard InChI is InChI=1S/C15H14N2O6/c1-9-4-3-5-11(17(20)21)14(9)16-13(18)8-22-15(19)12-7-6-10(2)23-12/h3-7H,8H2,1-2H3,(H,16,18). The number of nitro groups is 1. The summed E-state index contributed by atoms with van der Waals surface area (Å²) in [6.07, 6.45) is 0. The lowest BCUT2D eigenvalue weighted by Gasteiger charge is -2.09. The number of nitrogens with zero attached hydrogens (tertiary/aromatic N) is 1. The molecule has 0 spiro atoms. The van der Waals surface area contributed by atoms with E-state index in [1.165, 1.54) is 18.2 Å². The van der Waals surface area contributed by atoms with Crippen molar-refractivity contribution in [2.24, 2.45) is 0 Å². The van der Waals surface area contributed by atoms with Crippen molar-refractivity contribution in [1.82, 2.24) is 0 Å². The normalized spacial score (nSPS) is 10.2. The van der Waals surface area contributed by atoms with E-state index in [1.807, 2.05) is 0 Å². The number of aryl methyl sites for hydroxylation is 2. The number of carbonyl (C=O) groups excluding carboxylic acids is 2. The molecule has 8 nitrogen and oxygen atoms in total. The number of carbonyl (C=O) groups is 2. The van der Waals surface area contributed by atoms with E-state index < -0.39 is 23.4 Å². The zero-order chi connectivity index (χ0) is 17.0. The molecule has 1 N–H and O–H groups in total. The van der Waals surface area contributed by atoms with Gasteiger partial charge >= 0.3 is 5.97 Å². The SMILES string of the molecule is Cc1ccc(C(=O)OCC(=O)Nc2c(C)cccc2[N+](=O)[O-])o1. The third kappa shape index (κ3) is 3.94. The summed E-state index contributed by atoms with van der Waals surface area (Å²) in [4.78, 5) is 33.9. The van der Waals surface area contributed by atoms with Gasteiger partial charge in [-0.1, -0.05) is 12.1 Å². The number of para-hydroxylation sites is 1. The van der Waals surface area contributed by atoms with Crippen LogP contribution in [0.2, 0.25) is 0 Å². The molecule has 0 bridgehead atoms. The highest BCUT2D eigenvalue weighted by Gasteiger charge is 2.19. The molecular weight excluding hydrogens is 304 g/mol. The van der Waals surface area contributed by atoms with Gasteiger partial charge in [-0.05, 0) is 31.5 Å². The summed E-state index contributed by atoms with van der Waals surface area (Å²) < 4.78 is 9.87. The summed E-state index contributed by atoms with van der Waals surface area (Å²) in [7, 11) is 0. The molecule has 0 atom stereocenters. The quantitative estimate of drug-likeness (QED) is 0.515. The molecule has 1 heterocycles. The monoisotopic (exact) mass is 318 g/mol. The third-order valence-electron chi connectivity index (χ3n) is 2.99. The second-order valence-electron chi connectivity index (χ2n) is 4.76. The van der Waals surface area contributed by atoms with Crippen LogP contribution in [0.4, 0.5) is 11.4 Å². The van der Waals surface area contributed by atoms with E-state index in [2.05, 4.69) is 5.32 Å². The molecule has 0 saturated heterocycles. The zero-order valence-electron chi connectivity index (χ0n) is 12.5. The molecule has 2 rings (SSSR count). The molecule has 0 unspecified atom stereocenters. The van der Waals surface area contributed by atoms with E-state index in [9.17, 15) is 19.7 Å². The van der Waals surface area contributed by atoms with Gasteiger partial charge in [0, 0.05) is 6.07 Å². The first-order chi connectivity index (χ1) is 10.9. The molecule has 2 aromatic rings. The molecular formula is C15H14N2O6. The Kier molecular flexibility index (Phi) is 4.75. The zero-order valence-corrected chi connectivity index (χ0v) is 12.5. The molecule has 1 amide bonds. The summed E-state index contributed by atoms with van der Waals surface area (Å²) in [6, 6.07) is 7.44. The highest BCUT2D eigenvalue weighted by atomic mass is 16.6. The summed E-state index contributed by atoms with van der Waals surface area (Å²) >= 11 is 0. The van der Waals surface area contributed by atoms with Crippen molar-refractivity contribution >= 4 is 23.3 Å². The maximum Gasteiger partial charge on any atom is 0.374 e. The van der Waals surface area contributed by atoms with Crippen LogP contribution >= 0.6 is 0 Å². The molecule has 0 aliphatic heterocycles. The van der Waals surface area contributed by atoms with Crippen LogP contribution in [0.15, 0.2) is 34.7 Å². The molecule has 120 valence electrons. The summed E-state index contributed by atoms with van der Waals surface area (Å²) in [5.74, 6) is -0.944. The van der Waals surface area contributed by atoms with Crippen LogP contribution in [-0.4, -0.2) is 23.4 Å². The lowest BCUT2D eigenvalue weighted by Crippen LogP contribution is -2.21. The van der Waals surface area contributed by atoms with Gasteiger partial charge in [-0.2, -0.15) is 0 Å². The topological polar surface area (TPSA) is 112 Å². The molecule has 1 aromatic heterocycles. The number of nitrogens with one attached hydrogen (secondary N) is 1. The van der Waals surface area contributed by atoms with Crippen LogP contribution in [-0.2, 0) is 9.53 Å². The maximum absolute atomic E-state index is 11.8. The van der Waals surface area contributed by atoms with Gasteiger partial charge in [-0.25, -0.2) is 4.79 Å². The van der Waals surface area contributed by atoms with E-state index in [1.54, 1.807) is 26.0 Å². The largest absolute Gasteiger partial charge is 0.454 e. The Morgan fingerprint density at radius 3 is 2.61 bits per heavy atom. The number of anilines is 1. The van der Waals surface area contributed by atoms with Gasteiger partial charge < -0.3 is 14.5 Å². The minimum atomic E-state index is -0.785. The second-order valence-corrected chi connectivity index (χ2v) is 4.76. The average Bonchev–Trinajstić information content (AvgIpc) is 2.93. The molecule has 23 heavy (non-hydrogen) atoms. The third-order valence-corrected chi connectivity index (χ3v) is 2.99. The molecule has 0 aliphatic carbocycles. The number of benzene rings is 1. The van der Waals surface area contributed by atoms with Gasteiger partial charge in [-0.15, -0.1) is 0 Å². The van der Waals surface area contributed by atoms with Crippen LogP contribution in [0.25, 0.3) is 0 Å². The van der Waals surface area contributed by atoms with Crippen LogP contribution in [0, 0.1) is 24.0 Å². The fourth-order valence-electron chi connectivity index (χ4n) is 1.89.